The zero-order valence-electron chi connectivity index (χ0n) is 20.9. The van der Waals surface area contributed by atoms with Gasteiger partial charge in [0.25, 0.3) is 5.56 Å². The Bertz CT molecular complexity index is 1400. The minimum absolute atomic E-state index is 0.0176. The van der Waals surface area contributed by atoms with E-state index in [2.05, 4.69) is 15.6 Å². The highest BCUT2D eigenvalue weighted by atomic mass is 32.2. The predicted octanol–water partition coefficient (Wildman–Crippen LogP) is 0.662. The molecule has 0 fully saturated rings. The van der Waals surface area contributed by atoms with Gasteiger partial charge in [0, 0.05) is 6.42 Å². The smallest absolute Gasteiger partial charge is 0.329 e. The molecule has 0 aliphatic rings. The molecule has 0 bridgehead atoms. The number of aromatic amines is 1. The van der Waals surface area contributed by atoms with Gasteiger partial charge in [-0.05, 0) is 43.0 Å². The van der Waals surface area contributed by atoms with Crippen molar-refractivity contribution in [2.75, 3.05) is 12.0 Å². The Morgan fingerprint density at radius 2 is 1.66 bits per heavy atom. The van der Waals surface area contributed by atoms with Crippen molar-refractivity contribution in [3.63, 3.8) is 0 Å². The van der Waals surface area contributed by atoms with Gasteiger partial charge in [-0.15, -0.1) is 0 Å². The number of hydrogen-bond acceptors (Lipinski definition) is 7. The fourth-order valence-corrected chi connectivity index (χ4v) is 4.48. The van der Waals surface area contributed by atoms with Crippen LogP contribution in [0.2, 0.25) is 0 Å². The van der Waals surface area contributed by atoms with Crippen molar-refractivity contribution in [2.45, 2.75) is 44.0 Å². The molecule has 202 valence electrons. The fraction of sp³-hybridized carbons (Fsp3) is 0.346. The lowest BCUT2D eigenvalue weighted by Crippen LogP contribution is -2.56. The quantitative estimate of drug-likeness (QED) is 0.222. The first-order chi connectivity index (χ1) is 18.1. The van der Waals surface area contributed by atoms with Crippen LogP contribution in [0.3, 0.4) is 0 Å². The number of para-hydroxylation sites is 1. The molecule has 0 saturated heterocycles. The van der Waals surface area contributed by atoms with E-state index in [0.717, 1.165) is 4.57 Å². The molecule has 0 spiro atoms. The Labute approximate surface area is 222 Å². The second kappa shape index (κ2) is 13.1. The first-order valence-corrected chi connectivity index (χ1v) is 13.3. The van der Waals surface area contributed by atoms with E-state index in [-0.39, 0.29) is 18.2 Å². The molecule has 11 nitrogen and oxygen atoms in total. The maximum atomic E-state index is 13.6. The Balaban J connectivity index is 2.01. The summed E-state index contributed by atoms with van der Waals surface area (Å²) in [5, 5.41) is 24.2. The first kappa shape index (κ1) is 28.7. The number of nitrogens with zero attached hydrogens (tertiary/aromatic N) is 1. The monoisotopic (exact) mass is 542 g/mol. The van der Waals surface area contributed by atoms with Gasteiger partial charge in [0.05, 0.1) is 17.0 Å². The predicted molar refractivity (Wildman–Crippen MR) is 144 cm³/mol. The highest BCUT2D eigenvalue weighted by Gasteiger charge is 2.32. The number of H-pyrrole nitrogens is 1. The first-order valence-electron chi connectivity index (χ1n) is 11.9. The lowest BCUT2D eigenvalue weighted by molar-refractivity contribution is -0.145. The van der Waals surface area contributed by atoms with Crippen LogP contribution in [0.25, 0.3) is 10.9 Å². The van der Waals surface area contributed by atoms with E-state index in [1.54, 1.807) is 60.9 Å². The number of carboxylic acid groups (broad SMARTS) is 1. The van der Waals surface area contributed by atoms with Crippen molar-refractivity contribution in [3.05, 3.63) is 81.0 Å². The van der Waals surface area contributed by atoms with Gasteiger partial charge in [-0.3, -0.25) is 14.4 Å². The molecule has 2 amide bonds. The van der Waals surface area contributed by atoms with Crippen LogP contribution in [0.4, 0.5) is 0 Å². The average molecular weight is 543 g/mol. The van der Waals surface area contributed by atoms with E-state index in [1.807, 2.05) is 0 Å². The molecule has 5 N–H and O–H groups in total. The molecule has 12 heteroatoms. The number of nitrogens with one attached hydrogen (secondary N) is 3. The summed E-state index contributed by atoms with van der Waals surface area (Å²) in [5.41, 5.74) is -0.439. The van der Waals surface area contributed by atoms with Gasteiger partial charge >= 0.3 is 11.7 Å². The molecule has 3 rings (SSSR count). The number of rotatable bonds is 12. The minimum atomic E-state index is -1.58. The van der Waals surface area contributed by atoms with Gasteiger partial charge in [0.2, 0.25) is 11.8 Å². The Hall–Kier alpha value is -3.90. The molecule has 0 saturated carbocycles. The summed E-state index contributed by atoms with van der Waals surface area (Å²) < 4.78 is 0.837. The molecule has 0 unspecified atom stereocenters. The number of aliphatic hydroxyl groups is 1. The Morgan fingerprint density at radius 1 is 1.00 bits per heavy atom. The highest BCUT2D eigenvalue weighted by Crippen LogP contribution is 2.15. The molecular weight excluding hydrogens is 512 g/mol. The molecule has 4 atom stereocenters. The van der Waals surface area contributed by atoms with Crippen LogP contribution in [0.5, 0.6) is 0 Å². The standard InChI is InChI=1S/C26H30N4O7S/c1-15(31)21(25(35)36)29-22(32)19(12-13-38-2)27-23(33)20(14-16-8-4-3-5-9-16)30-24(34)17-10-6-7-11-18(17)28-26(30)37/h3-11,15,19-21,31H,12-14H2,1-2H3,(H,27,33)(H,28,37)(H,29,32)(H,35,36)/t15-,19+,20+,21+/m1/s1. The highest BCUT2D eigenvalue weighted by molar-refractivity contribution is 7.98. The van der Waals surface area contributed by atoms with Crippen molar-refractivity contribution in [2.24, 2.45) is 0 Å². The van der Waals surface area contributed by atoms with Crippen molar-refractivity contribution in [3.8, 4) is 0 Å². The van der Waals surface area contributed by atoms with E-state index >= 15 is 0 Å². The van der Waals surface area contributed by atoms with Gasteiger partial charge in [0.1, 0.15) is 12.1 Å². The van der Waals surface area contributed by atoms with Crippen molar-refractivity contribution in [1.82, 2.24) is 20.2 Å². The second-order valence-corrected chi connectivity index (χ2v) is 9.75. The fourth-order valence-electron chi connectivity index (χ4n) is 4.01. The molecule has 38 heavy (non-hydrogen) atoms. The number of thioether (sulfide) groups is 1. The number of aliphatic hydroxyl groups excluding tert-OH is 1. The number of carboxylic acids is 1. The molecule has 1 heterocycles. The summed E-state index contributed by atoms with van der Waals surface area (Å²) in [5.74, 6) is -2.55. The molecule has 0 aliphatic heterocycles. The molecule has 3 aromatic rings. The minimum Gasteiger partial charge on any atom is -0.480 e. The van der Waals surface area contributed by atoms with Gasteiger partial charge < -0.3 is 25.8 Å². The number of carbonyl (C=O) groups is 3. The Morgan fingerprint density at radius 3 is 2.29 bits per heavy atom. The van der Waals surface area contributed by atoms with Crippen LogP contribution in [0, 0.1) is 0 Å². The summed E-state index contributed by atoms with van der Waals surface area (Å²) in [6, 6.07) is 11.2. The maximum absolute atomic E-state index is 13.6. The van der Waals surface area contributed by atoms with Gasteiger partial charge in [0.15, 0.2) is 6.04 Å². The third kappa shape index (κ3) is 6.90. The molecule has 0 radical (unpaired) electrons. The molecule has 2 aromatic carbocycles. The SMILES string of the molecule is CSCC[C@H](NC(=O)[C@H](Cc1ccccc1)n1c(=O)[nH]c2ccccc2c1=O)C(=O)N[C@H](C(=O)O)[C@@H](C)O. The lowest BCUT2D eigenvalue weighted by atomic mass is 10.0. The van der Waals surface area contributed by atoms with E-state index in [9.17, 15) is 34.2 Å². The number of aliphatic carboxylic acids is 1. The summed E-state index contributed by atoms with van der Waals surface area (Å²) >= 11 is 1.41. The summed E-state index contributed by atoms with van der Waals surface area (Å²) in [4.78, 5) is 67.1. The van der Waals surface area contributed by atoms with Gasteiger partial charge in [-0.25, -0.2) is 14.2 Å². The van der Waals surface area contributed by atoms with Crippen LogP contribution >= 0.6 is 11.8 Å². The summed E-state index contributed by atoms with van der Waals surface area (Å²) in [7, 11) is 0. The average Bonchev–Trinajstić information content (AvgIpc) is 2.89. The van der Waals surface area contributed by atoms with E-state index in [4.69, 9.17) is 0 Å². The van der Waals surface area contributed by atoms with Crippen LogP contribution in [0.1, 0.15) is 24.9 Å². The van der Waals surface area contributed by atoms with Crippen LogP contribution in [-0.2, 0) is 20.8 Å². The van der Waals surface area contributed by atoms with Gasteiger partial charge in [-0.1, -0.05) is 42.5 Å². The summed E-state index contributed by atoms with van der Waals surface area (Å²) in [6.45, 7) is 1.23. The molecule has 0 aliphatic carbocycles. The Kier molecular flexibility index (Phi) is 9.85. The number of carbonyl (C=O) groups excluding carboxylic acids is 2. The van der Waals surface area contributed by atoms with Crippen LogP contribution in [0.15, 0.2) is 64.2 Å². The van der Waals surface area contributed by atoms with Crippen LogP contribution in [-0.4, -0.2) is 67.7 Å². The van der Waals surface area contributed by atoms with E-state index in [1.165, 1.54) is 18.7 Å². The zero-order chi connectivity index (χ0) is 27.8. The maximum Gasteiger partial charge on any atom is 0.329 e. The second-order valence-electron chi connectivity index (χ2n) is 8.76. The molecular formula is C26H30N4O7S. The zero-order valence-corrected chi connectivity index (χ0v) is 21.7. The number of benzene rings is 2. The van der Waals surface area contributed by atoms with E-state index in [0.29, 0.717) is 16.8 Å². The number of amides is 2. The number of fused-ring (bicyclic) bond motifs is 1. The number of aromatic nitrogens is 2. The van der Waals surface area contributed by atoms with E-state index < -0.39 is 53.3 Å². The van der Waals surface area contributed by atoms with Crippen LogP contribution < -0.4 is 21.9 Å². The third-order valence-corrected chi connectivity index (χ3v) is 6.66. The summed E-state index contributed by atoms with van der Waals surface area (Å²) in [6.07, 6.45) is 0.551. The van der Waals surface area contributed by atoms with Gasteiger partial charge in [-0.2, -0.15) is 11.8 Å². The van der Waals surface area contributed by atoms with Crippen molar-refractivity contribution in [1.29, 1.82) is 0 Å². The van der Waals surface area contributed by atoms with Crippen molar-refractivity contribution >= 4 is 40.4 Å². The normalized spacial score (nSPS) is 14.3. The largest absolute Gasteiger partial charge is 0.480 e. The van der Waals surface area contributed by atoms with Crippen molar-refractivity contribution < 1.29 is 24.6 Å². The number of hydrogen-bond donors (Lipinski definition) is 5. The third-order valence-electron chi connectivity index (χ3n) is 6.01. The lowest BCUT2D eigenvalue weighted by Gasteiger charge is -2.25. The topological polar surface area (TPSA) is 171 Å². The molecule has 1 aromatic heterocycles.